The Morgan fingerprint density at radius 3 is 2.64 bits per heavy atom. The first-order valence-electron chi connectivity index (χ1n) is 11.2. The Hall–Kier alpha value is -3.52. The number of aromatic nitrogens is 2. The number of hydrogen-bond donors (Lipinski definition) is 3. The lowest BCUT2D eigenvalue weighted by molar-refractivity contribution is -0.146. The minimum atomic E-state index is -1.91. The summed E-state index contributed by atoms with van der Waals surface area (Å²) in [5, 5.41) is 13.8. The maximum Gasteiger partial charge on any atom is 0.324 e. The van der Waals surface area contributed by atoms with Crippen molar-refractivity contribution in [1.82, 2.24) is 9.55 Å². The summed E-state index contributed by atoms with van der Waals surface area (Å²) in [5.74, 6) is -3.57. The predicted molar refractivity (Wildman–Crippen MR) is 123 cm³/mol. The van der Waals surface area contributed by atoms with Crippen LogP contribution in [0.3, 0.4) is 0 Å². The number of carboxylic acids is 1. The fourth-order valence-corrected chi connectivity index (χ4v) is 5.69. The van der Waals surface area contributed by atoms with E-state index in [1.165, 1.54) is 0 Å². The van der Waals surface area contributed by atoms with Gasteiger partial charge in [0.15, 0.2) is 5.82 Å². The van der Waals surface area contributed by atoms with Gasteiger partial charge in [0.2, 0.25) is 5.78 Å². The van der Waals surface area contributed by atoms with Gasteiger partial charge in [0.05, 0.1) is 11.0 Å². The second kappa shape index (κ2) is 7.81. The first-order chi connectivity index (χ1) is 15.8. The monoisotopic (exact) mass is 446 g/mol. The van der Waals surface area contributed by atoms with Crippen LogP contribution in [0.25, 0.3) is 11.0 Å². The van der Waals surface area contributed by atoms with Gasteiger partial charge in [0.1, 0.15) is 5.54 Å². The third kappa shape index (κ3) is 3.33. The third-order valence-corrected chi connectivity index (χ3v) is 7.28. The molecule has 1 saturated carbocycles. The second-order valence-corrected chi connectivity index (χ2v) is 9.17. The molecule has 33 heavy (non-hydrogen) atoms. The van der Waals surface area contributed by atoms with Crippen molar-refractivity contribution in [2.45, 2.75) is 43.2 Å². The number of rotatable bonds is 6. The van der Waals surface area contributed by atoms with Crippen LogP contribution in [0.2, 0.25) is 0 Å². The lowest BCUT2D eigenvalue weighted by Crippen LogP contribution is -2.59. The molecule has 2 heterocycles. The summed E-state index contributed by atoms with van der Waals surface area (Å²) in [6.45, 7) is 0. The number of aliphatic carboxylic acids is 1. The Balaban J connectivity index is 1.52. The van der Waals surface area contributed by atoms with E-state index in [9.17, 15) is 19.5 Å². The van der Waals surface area contributed by atoms with Gasteiger partial charge in [-0.2, -0.15) is 0 Å². The maximum absolute atomic E-state index is 13.2. The second-order valence-electron chi connectivity index (χ2n) is 9.17. The van der Waals surface area contributed by atoms with E-state index in [4.69, 9.17) is 5.73 Å². The van der Waals surface area contributed by atoms with Crippen molar-refractivity contribution >= 4 is 34.3 Å². The molecule has 8 nitrogen and oxygen atoms in total. The topological polar surface area (TPSA) is 127 Å². The molecule has 5 rings (SSSR count). The minimum Gasteiger partial charge on any atom is -0.480 e. The number of nitrogens with two attached hydrogens (primary N) is 1. The molecule has 1 fully saturated rings. The molecule has 170 valence electrons. The SMILES string of the molecule is Cn1c(C(=O)C(=O)CC(N)(C(=O)O)C2c3ccccc3N[C@@H]3CCC[C@H]23)nc2ccccc21. The molecular formula is C25H26N4O4. The van der Waals surface area contributed by atoms with Crippen LogP contribution in [0.15, 0.2) is 48.5 Å². The number of carbonyl (C=O) groups excluding carboxylic acids is 2. The van der Waals surface area contributed by atoms with Gasteiger partial charge >= 0.3 is 5.97 Å². The van der Waals surface area contributed by atoms with Gasteiger partial charge < -0.3 is 20.7 Å². The number of nitrogens with one attached hydrogen (secondary N) is 1. The molecule has 3 aromatic rings. The van der Waals surface area contributed by atoms with Gasteiger partial charge in [-0.25, -0.2) is 4.98 Å². The number of imidazole rings is 1. The van der Waals surface area contributed by atoms with E-state index in [0.29, 0.717) is 11.0 Å². The minimum absolute atomic E-state index is 0.0154. The number of hydrogen-bond acceptors (Lipinski definition) is 6. The van der Waals surface area contributed by atoms with Crippen molar-refractivity contribution < 1.29 is 19.5 Å². The van der Waals surface area contributed by atoms with E-state index in [-0.39, 0.29) is 17.8 Å². The Labute approximate surface area is 190 Å². The van der Waals surface area contributed by atoms with E-state index < -0.39 is 35.4 Å². The molecule has 2 unspecified atom stereocenters. The molecule has 0 spiro atoms. The van der Waals surface area contributed by atoms with E-state index in [1.54, 1.807) is 29.8 Å². The molecule has 2 aliphatic rings. The molecule has 0 bridgehead atoms. The van der Waals surface area contributed by atoms with Gasteiger partial charge in [-0.05, 0) is 42.5 Å². The number of para-hydroxylation sites is 3. The Morgan fingerprint density at radius 1 is 1.15 bits per heavy atom. The Bertz CT molecular complexity index is 1280. The molecule has 0 saturated heterocycles. The molecule has 2 aromatic carbocycles. The highest BCUT2D eigenvalue weighted by Crippen LogP contribution is 2.50. The number of carboxylic acid groups (broad SMARTS) is 1. The molecule has 4 atom stereocenters. The van der Waals surface area contributed by atoms with E-state index in [0.717, 1.165) is 30.5 Å². The number of anilines is 1. The smallest absolute Gasteiger partial charge is 0.324 e. The maximum atomic E-state index is 13.2. The fourth-order valence-electron chi connectivity index (χ4n) is 5.69. The van der Waals surface area contributed by atoms with Gasteiger partial charge in [0.25, 0.3) is 5.78 Å². The predicted octanol–water partition coefficient (Wildman–Crippen LogP) is 2.88. The molecule has 1 aromatic heterocycles. The molecule has 8 heteroatoms. The van der Waals surface area contributed by atoms with E-state index in [1.807, 2.05) is 30.3 Å². The van der Waals surface area contributed by atoms with Crippen LogP contribution < -0.4 is 11.1 Å². The van der Waals surface area contributed by atoms with Crippen molar-refractivity contribution in [2.75, 3.05) is 5.32 Å². The van der Waals surface area contributed by atoms with Crippen LogP contribution in [0.1, 0.15) is 47.8 Å². The van der Waals surface area contributed by atoms with Crippen molar-refractivity contribution in [3.63, 3.8) is 0 Å². The standard InChI is InChI=1S/C25H26N4O4/c1-29-19-12-5-4-10-18(19)28-23(29)22(31)20(30)13-25(26,24(32)33)21-14-7-2-3-9-16(14)27-17-11-6-8-15(17)21/h2-5,7,9-10,12,15,17,21,27H,6,8,11,13,26H2,1H3,(H,32,33)/t15-,17+,21?,25?/m0/s1. The van der Waals surface area contributed by atoms with Crippen molar-refractivity contribution in [3.8, 4) is 0 Å². The largest absolute Gasteiger partial charge is 0.480 e. The molecule has 1 aliphatic heterocycles. The number of nitrogens with zero attached hydrogens (tertiary/aromatic N) is 2. The van der Waals surface area contributed by atoms with Gasteiger partial charge in [-0.15, -0.1) is 0 Å². The summed E-state index contributed by atoms with van der Waals surface area (Å²) < 4.78 is 1.56. The number of fused-ring (bicyclic) bond motifs is 3. The normalized spacial score (nSPS) is 23.3. The lowest BCUT2D eigenvalue weighted by atomic mass is 9.66. The molecule has 0 radical (unpaired) electrons. The number of carbonyl (C=O) groups is 3. The zero-order valence-corrected chi connectivity index (χ0v) is 18.3. The highest BCUT2D eigenvalue weighted by atomic mass is 16.4. The summed E-state index contributed by atoms with van der Waals surface area (Å²) >= 11 is 0. The summed E-state index contributed by atoms with van der Waals surface area (Å²) in [5.41, 5.74) is 7.61. The van der Waals surface area contributed by atoms with Crippen molar-refractivity contribution in [2.24, 2.45) is 18.7 Å². The third-order valence-electron chi connectivity index (χ3n) is 7.28. The van der Waals surface area contributed by atoms with Crippen LogP contribution in [0.4, 0.5) is 5.69 Å². The van der Waals surface area contributed by atoms with E-state index >= 15 is 0 Å². The summed E-state index contributed by atoms with van der Waals surface area (Å²) in [7, 11) is 1.66. The number of aryl methyl sites for hydroxylation is 1. The van der Waals surface area contributed by atoms with Crippen LogP contribution >= 0.6 is 0 Å². The zero-order chi connectivity index (χ0) is 23.3. The van der Waals surface area contributed by atoms with Crippen LogP contribution in [-0.4, -0.2) is 43.8 Å². The first kappa shape index (κ1) is 21.3. The molecule has 4 N–H and O–H groups in total. The first-order valence-corrected chi connectivity index (χ1v) is 11.2. The van der Waals surface area contributed by atoms with Gasteiger partial charge in [0, 0.05) is 31.1 Å². The number of Topliss-reactive ketones (excluding diaryl/α,β-unsaturated/α-hetero) is 2. The van der Waals surface area contributed by atoms with Gasteiger partial charge in [-0.3, -0.25) is 14.4 Å². The van der Waals surface area contributed by atoms with Crippen molar-refractivity contribution in [1.29, 1.82) is 0 Å². The van der Waals surface area contributed by atoms with Crippen molar-refractivity contribution in [3.05, 3.63) is 59.9 Å². The van der Waals surface area contributed by atoms with E-state index in [2.05, 4.69) is 10.3 Å². The van der Waals surface area contributed by atoms with Gasteiger partial charge in [-0.1, -0.05) is 36.8 Å². The Morgan fingerprint density at radius 2 is 1.88 bits per heavy atom. The Kier molecular flexibility index (Phi) is 5.05. The van der Waals surface area contributed by atoms with Crippen LogP contribution in [0.5, 0.6) is 0 Å². The summed E-state index contributed by atoms with van der Waals surface area (Å²) in [6.07, 6.45) is 2.09. The summed E-state index contributed by atoms with van der Waals surface area (Å²) in [4.78, 5) is 43.2. The number of benzene rings is 2. The average molecular weight is 447 g/mol. The average Bonchev–Trinajstić information content (AvgIpc) is 3.40. The quantitative estimate of drug-likeness (QED) is 0.392. The zero-order valence-electron chi connectivity index (χ0n) is 18.3. The highest BCUT2D eigenvalue weighted by molar-refractivity contribution is 6.43. The lowest BCUT2D eigenvalue weighted by Gasteiger charge is -2.44. The molecule has 1 aliphatic carbocycles. The summed E-state index contributed by atoms with van der Waals surface area (Å²) in [6, 6.07) is 14.8. The van der Waals surface area contributed by atoms with Crippen LogP contribution in [-0.2, 0) is 16.6 Å². The fraction of sp³-hybridized carbons (Fsp3) is 0.360. The highest BCUT2D eigenvalue weighted by Gasteiger charge is 2.54. The molecule has 0 amide bonds. The molecular weight excluding hydrogens is 420 g/mol. The number of ketones is 2. The van der Waals surface area contributed by atoms with Crippen LogP contribution in [0, 0.1) is 5.92 Å².